The van der Waals surface area contributed by atoms with Gasteiger partial charge < -0.3 is 15.2 Å². The van der Waals surface area contributed by atoms with Crippen LogP contribution in [0.2, 0.25) is 0 Å². The average Bonchev–Trinajstić information content (AvgIpc) is 2.24. The molecule has 3 heteroatoms. The summed E-state index contributed by atoms with van der Waals surface area (Å²) in [7, 11) is 1.69. The third kappa shape index (κ3) is 3.53. The molecule has 1 aromatic carbocycles. The van der Waals surface area contributed by atoms with Crippen molar-refractivity contribution in [2.24, 2.45) is 0 Å². The summed E-state index contributed by atoms with van der Waals surface area (Å²) < 4.78 is 5.34. The summed E-state index contributed by atoms with van der Waals surface area (Å²) >= 11 is 0. The van der Waals surface area contributed by atoms with Gasteiger partial charge in [-0.05, 0) is 25.5 Å². The molecule has 0 spiro atoms. The highest BCUT2D eigenvalue weighted by molar-refractivity contribution is 5.40. The molecule has 0 aliphatic rings. The molecule has 0 saturated heterocycles. The fourth-order valence-electron chi connectivity index (χ4n) is 1.57. The van der Waals surface area contributed by atoms with Crippen molar-refractivity contribution in [1.82, 2.24) is 5.32 Å². The van der Waals surface area contributed by atoms with Gasteiger partial charge in [0.15, 0.2) is 0 Å². The molecule has 2 N–H and O–H groups in total. The minimum atomic E-state index is 0.234. The van der Waals surface area contributed by atoms with E-state index in [4.69, 9.17) is 9.84 Å². The zero-order valence-corrected chi connectivity index (χ0v) is 9.42. The van der Waals surface area contributed by atoms with E-state index in [2.05, 4.69) is 11.4 Å². The molecule has 0 amide bonds. The van der Waals surface area contributed by atoms with E-state index in [0.29, 0.717) is 0 Å². The number of methoxy groups -OCH3 is 1. The van der Waals surface area contributed by atoms with Gasteiger partial charge in [-0.25, -0.2) is 0 Å². The summed E-state index contributed by atoms with van der Waals surface area (Å²) in [5.74, 6) is 0.953. The van der Waals surface area contributed by atoms with Gasteiger partial charge in [0.05, 0.1) is 7.11 Å². The van der Waals surface area contributed by atoms with Crippen molar-refractivity contribution in [3.05, 3.63) is 29.3 Å². The number of ether oxygens (including phenoxy) is 1. The standard InChI is InChI=1S/C12H19NO2/c1-10-5-3-6-11(12(10)15-2)9-13-7-4-8-14/h3,5-6,13-14H,4,7-9H2,1-2H3. The van der Waals surface area contributed by atoms with Crippen molar-refractivity contribution in [2.75, 3.05) is 20.3 Å². The quantitative estimate of drug-likeness (QED) is 0.697. The monoisotopic (exact) mass is 209 g/mol. The van der Waals surface area contributed by atoms with Gasteiger partial charge in [-0.3, -0.25) is 0 Å². The van der Waals surface area contributed by atoms with Crippen molar-refractivity contribution in [2.45, 2.75) is 19.9 Å². The van der Waals surface area contributed by atoms with Gasteiger partial charge in [-0.2, -0.15) is 0 Å². The molecule has 0 unspecified atom stereocenters. The van der Waals surface area contributed by atoms with E-state index in [-0.39, 0.29) is 6.61 Å². The fraction of sp³-hybridized carbons (Fsp3) is 0.500. The van der Waals surface area contributed by atoms with Crippen LogP contribution in [-0.2, 0) is 6.54 Å². The first kappa shape index (κ1) is 12.0. The highest BCUT2D eigenvalue weighted by Gasteiger charge is 2.04. The predicted octanol–water partition coefficient (Wildman–Crippen LogP) is 1.48. The Morgan fingerprint density at radius 1 is 1.40 bits per heavy atom. The summed E-state index contributed by atoms with van der Waals surface area (Å²) in [5, 5.41) is 11.9. The highest BCUT2D eigenvalue weighted by Crippen LogP contribution is 2.22. The Bertz CT molecular complexity index is 300. The van der Waals surface area contributed by atoms with E-state index in [1.165, 1.54) is 0 Å². The third-order valence-corrected chi connectivity index (χ3v) is 2.32. The van der Waals surface area contributed by atoms with E-state index in [1.54, 1.807) is 7.11 Å². The average molecular weight is 209 g/mol. The number of aryl methyl sites for hydroxylation is 1. The topological polar surface area (TPSA) is 41.5 Å². The van der Waals surface area contributed by atoms with E-state index in [1.807, 2.05) is 19.1 Å². The van der Waals surface area contributed by atoms with Gasteiger partial charge in [-0.1, -0.05) is 18.2 Å². The lowest BCUT2D eigenvalue weighted by Crippen LogP contribution is -2.16. The van der Waals surface area contributed by atoms with Crippen molar-refractivity contribution in [3.8, 4) is 5.75 Å². The van der Waals surface area contributed by atoms with Crippen LogP contribution in [-0.4, -0.2) is 25.4 Å². The molecule has 0 heterocycles. The van der Waals surface area contributed by atoms with Gasteiger partial charge >= 0.3 is 0 Å². The number of para-hydroxylation sites is 1. The summed E-state index contributed by atoms with van der Waals surface area (Å²) in [6.45, 7) is 3.88. The van der Waals surface area contributed by atoms with Gasteiger partial charge in [0.1, 0.15) is 5.75 Å². The Kier molecular flexibility index (Phi) is 5.15. The van der Waals surface area contributed by atoms with Crippen LogP contribution in [0.4, 0.5) is 0 Å². The second-order valence-electron chi connectivity index (χ2n) is 3.52. The molecule has 15 heavy (non-hydrogen) atoms. The minimum absolute atomic E-state index is 0.234. The number of hydrogen-bond donors (Lipinski definition) is 2. The minimum Gasteiger partial charge on any atom is -0.496 e. The lowest BCUT2D eigenvalue weighted by atomic mass is 10.1. The number of aliphatic hydroxyl groups is 1. The number of nitrogens with one attached hydrogen (secondary N) is 1. The first-order valence-electron chi connectivity index (χ1n) is 5.23. The lowest BCUT2D eigenvalue weighted by molar-refractivity contribution is 0.286. The Morgan fingerprint density at radius 2 is 2.20 bits per heavy atom. The molecule has 0 aliphatic heterocycles. The smallest absolute Gasteiger partial charge is 0.126 e. The molecular weight excluding hydrogens is 190 g/mol. The molecule has 0 bridgehead atoms. The summed E-state index contributed by atoms with van der Waals surface area (Å²) in [4.78, 5) is 0. The van der Waals surface area contributed by atoms with Crippen LogP contribution < -0.4 is 10.1 Å². The number of aliphatic hydroxyl groups excluding tert-OH is 1. The Morgan fingerprint density at radius 3 is 2.87 bits per heavy atom. The first-order valence-corrected chi connectivity index (χ1v) is 5.23. The van der Waals surface area contributed by atoms with Gasteiger partial charge in [-0.15, -0.1) is 0 Å². The number of benzene rings is 1. The number of hydrogen-bond acceptors (Lipinski definition) is 3. The van der Waals surface area contributed by atoms with E-state index < -0.39 is 0 Å². The van der Waals surface area contributed by atoms with Crippen molar-refractivity contribution in [3.63, 3.8) is 0 Å². The van der Waals surface area contributed by atoms with E-state index >= 15 is 0 Å². The molecule has 0 aromatic heterocycles. The maximum atomic E-state index is 8.64. The van der Waals surface area contributed by atoms with E-state index in [9.17, 15) is 0 Å². The molecule has 0 saturated carbocycles. The largest absolute Gasteiger partial charge is 0.496 e. The van der Waals surface area contributed by atoms with Crippen LogP contribution >= 0.6 is 0 Å². The normalized spacial score (nSPS) is 10.3. The second kappa shape index (κ2) is 6.43. The van der Waals surface area contributed by atoms with Crippen molar-refractivity contribution < 1.29 is 9.84 Å². The Labute approximate surface area is 91.1 Å². The molecule has 3 nitrogen and oxygen atoms in total. The van der Waals surface area contributed by atoms with Crippen LogP contribution in [0.15, 0.2) is 18.2 Å². The number of rotatable bonds is 6. The van der Waals surface area contributed by atoms with Crippen LogP contribution in [0.25, 0.3) is 0 Å². The Hall–Kier alpha value is -1.06. The van der Waals surface area contributed by atoms with Crippen LogP contribution in [0.3, 0.4) is 0 Å². The van der Waals surface area contributed by atoms with Crippen LogP contribution in [0, 0.1) is 6.92 Å². The molecule has 1 aromatic rings. The summed E-state index contributed by atoms with van der Waals surface area (Å²) in [5.41, 5.74) is 2.31. The lowest BCUT2D eigenvalue weighted by Gasteiger charge is -2.11. The molecular formula is C12H19NO2. The molecule has 1 rings (SSSR count). The summed E-state index contributed by atoms with van der Waals surface area (Å²) in [6.07, 6.45) is 0.786. The van der Waals surface area contributed by atoms with Gasteiger partial charge in [0, 0.05) is 18.7 Å². The SMILES string of the molecule is COc1c(C)cccc1CNCCCO. The predicted molar refractivity (Wildman–Crippen MR) is 61.1 cm³/mol. The highest BCUT2D eigenvalue weighted by atomic mass is 16.5. The van der Waals surface area contributed by atoms with Crippen molar-refractivity contribution in [1.29, 1.82) is 0 Å². The maximum Gasteiger partial charge on any atom is 0.126 e. The van der Waals surface area contributed by atoms with Crippen LogP contribution in [0.5, 0.6) is 5.75 Å². The zero-order chi connectivity index (χ0) is 11.1. The molecule has 0 aliphatic carbocycles. The molecule has 0 radical (unpaired) electrons. The molecule has 84 valence electrons. The molecule has 0 atom stereocenters. The third-order valence-electron chi connectivity index (χ3n) is 2.32. The second-order valence-corrected chi connectivity index (χ2v) is 3.52. The zero-order valence-electron chi connectivity index (χ0n) is 9.42. The van der Waals surface area contributed by atoms with Gasteiger partial charge in [0.25, 0.3) is 0 Å². The molecule has 0 fully saturated rings. The summed E-state index contributed by atoms with van der Waals surface area (Å²) in [6, 6.07) is 6.12. The fourth-order valence-corrected chi connectivity index (χ4v) is 1.57. The van der Waals surface area contributed by atoms with Gasteiger partial charge in [0.2, 0.25) is 0 Å². The maximum absolute atomic E-state index is 8.64. The van der Waals surface area contributed by atoms with Crippen LogP contribution in [0.1, 0.15) is 17.5 Å². The van der Waals surface area contributed by atoms with Crippen molar-refractivity contribution >= 4 is 0 Å². The Balaban J connectivity index is 2.56. The first-order chi connectivity index (χ1) is 7.29. The van der Waals surface area contributed by atoms with E-state index in [0.717, 1.165) is 36.4 Å².